The summed E-state index contributed by atoms with van der Waals surface area (Å²) in [5.74, 6) is 0.630. The highest BCUT2D eigenvalue weighted by atomic mass is 32.2. The maximum Gasteiger partial charge on any atom is 0.225 e. The van der Waals surface area contributed by atoms with Crippen molar-refractivity contribution in [3.05, 3.63) is 59.4 Å². The summed E-state index contributed by atoms with van der Waals surface area (Å²) in [5, 5.41) is 22.3. The number of furan rings is 1. The molecule has 7 nitrogen and oxygen atoms in total. The van der Waals surface area contributed by atoms with Gasteiger partial charge in [-0.15, -0.1) is 11.8 Å². The number of nitrogens with zero attached hydrogens (tertiary/aromatic N) is 3. The molecule has 2 heterocycles. The molecule has 0 aliphatic rings. The van der Waals surface area contributed by atoms with Crippen LogP contribution in [0.2, 0.25) is 0 Å². The second-order valence-electron chi connectivity index (χ2n) is 6.14. The Labute approximate surface area is 172 Å². The number of carbonyl (C=O) groups excluding carboxylic acids is 1. The summed E-state index contributed by atoms with van der Waals surface area (Å²) in [6, 6.07) is 14.9. The minimum Gasteiger partial charge on any atom is -0.464 e. The van der Waals surface area contributed by atoms with Crippen LogP contribution in [0.15, 0.2) is 52.1 Å². The molecule has 0 saturated carbocycles. The summed E-state index contributed by atoms with van der Waals surface area (Å²) >= 11 is 1.23. The van der Waals surface area contributed by atoms with Crippen LogP contribution in [0, 0.1) is 29.6 Å². The van der Waals surface area contributed by atoms with Crippen molar-refractivity contribution in [3.63, 3.8) is 0 Å². The predicted octanol–water partition coefficient (Wildman–Crippen LogP) is 4.10. The molecule has 0 saturated heterocycles. The number of amides is 1. The molecular weight excluding hydrogens is 386 g/mol. The number of hydrogen-bond donors (Lipinski definition) is 2. The topological polar surface area (TPSA) is 129 Å². The van der Waals surface area contributed by atoms with Crippen molar-refractivity contribution >= 4 is 29.2 Å². The molecular formula is C21H17N5O2S. The number of anilines is 2. The molecule has 8 heteroatoms. The molecule has 29 heavy (non-hydrogen) atoms. The molecule has 1 aromatic carbocycles. The first-order valence-electron chi connectivity index (χ1n) is 8.70. The minimum absolute atomic E-state index is 0.0181. The molecule has 0 aliphatic heterocycles. The summed E-state index contributed by atoms with van der Waals surface area (Å²) < 4.78 is 5.37. The number of aryl methyl sites for hydroxylation is 1. The van der Waals surface area contributed by atoms with Crippen molar-refractivity contribution in [2.45, 2.75) is 18.4 Å². The van der Waals surface area contributed by atoms with E-state index in [1.54, 1.807) is 12.1 Å². The Hall–Kier alpha value is -3.75. The fourth-order valence-corrected chi connectivity index (χ4v) is 3.61. The molecule has 3 rings (SSSR count). The van der Waals surface area contributed by atoms with Crippen molar-refractivity contribution in [2.75, 3.05) is 16.8 Å². The van der Waals surface area contributed by atoms with Crippen molar-refractivity contribution < 1.29 is 9.21 Å². The lowest BCUT2D eigenvalue weighted by Gasteiger charge is -2.11. The number of rotatable bonds is 6. The van der Waals surface area contributed by atoms with E-state index in [-0.39, 0.29) is 29.3 Å². The van der Waals surface area contributed by atoms with Crippen molar-refractivity contribution in [1.29, 1.82) is 10.5 Å². The van der Waals surface area contributed by atoms with Crippen molar-refractivity contribution in [1.82, 2.24) is 4.98 Å². The number of thioether (sulfide) groups is 1. The molecule has 0 bridgehead atoms. The Morgan fingerprint density at radius 1 is 1.21 bits per heavy atom. The molecule has 0 spiro atoms. The van der Waals surface area contributed by atoms with Crippen LogP contribution in [0.25, 0.3) is 11.3 Å². The summed E-state index contributed by atoms with van der Waals surface area (Å²) in [4.78, 5) is 16.4. The first kappa shape index (κ1) is 20.0. The third-order valence-electron chi connectivity index (χ3n) is 4.09. The van der Waals surface area contributed by atoms with Gasteiger partial charge in [0.1, 0.15) is 34.3 Å². The van der Waals surface area contributed by atoms with Gasteiger partial charge in [-0.05, 0) is 31.2 Å². The lowest BCUT2D eigenvalue weighted by molar-refractivity contribution is -0.115. The van der Waals surface area contributed by atoms with Gasteiger partial charge in [-0.1, -0.05) is 17.7 Å². The second-order valence-corrected chi connectivity index (χ2v) is 7.22. The number of aromatic nitrogens is 1. The van der Waals surface area contributed by atoms with Gasteiger partial charge >= 0.3 is 0 Å². The van der Waals surface area contributed by atoms with Crippen LogP contribution in [0.5, 0.6) is 0 Å². The smallest absolute Gasteiger partial charge is 0.225 e. The first-order chi connectivity index (χ1) is 14.0. The maximum absolute atomic E-state index is 12.2. The van der Waals surface area contributed by atoms with Crippen LogP contribution in [-0.2, 0) is 4.79 Å². The van der Waals surface area contributed by atoms with E-state index >= 15 is 0 Å². The third-order valence-corrected chi connectivity index (χ3v) is 5.06. The molecule has 2 aromatic heterocycles. The number of benzene rings is 1. The Morgan fingerprint density at radius 3 is 2.55 bits per heavy atom. The van der Waals surface area contributed by atoms with E-state index in [4.69, 9.17) is 10.2 Å². The fourth-order valence-electron chi connectivity index (χ4n) is 2.67. The van der Waals surface area contributed by atoms with Gasteiger partial charge in [0.2, 0.25) is 5.91 Å². The summed E-state index contributed by atoms with van der Waals surface area (Å²) in [6.45, 7) is 1.97. The average Bonchev–Trinajstić information content (AvgIpc) is 3.23. The molecule has 3 N–H and O–H groups in total. The molecule has 1 amide bonds. The average molecular weight is 403 g/mol. The van der Waals surface area contributed by atoms with Gasteiger partial charge in [0.25, 0.3) is 0 Å². The van der Waals surface area contributed by atoms with E-state index < -0.39 is 0 Å². The zero-order valence-corrected chi connectivity index (χ0v) is 16.4. The van der Waals surface area contributed by atoms with E-state index in [2.05, 4.69) is 16.4 Å². The van der Waals surface area contributed by atoms with Crippen LogP contribution in [-0.4, -0.2) is 16.6 Å². The molecule has 3 aromatic rings. The molecule has 0 atom stereocenters. The van der Waals surface area contributed by atoms with E-state index in [1.807, 2.05) is 37.3 Å². The van der Waals surface area contributed by atoms with Gasteiger partial charge < -0.3 is 15.5 Å². The van der Waals surface area contributed by atoms with Crippen molar-refractivity contribution in [3.8, 4) is 23.5 Å². The predicted molar refractivity (Wildman–Crippen MR) is 111 cm³/mol. The number of carbonyl (C=O) groups is 1. The Balaban J connectivity index is 1.76. The summed E-state index contributed by atoms with van der Waals surface area (Å²) in [7, 11) is 0. The lowest BCUT2D eigenvalue weighted by atomic mass is 10.0. The zero-order chi connectivity index (χ0) is 20.8. The van der Waals surface area contributed by atoms with Gasteiger partial charge in [-0.25, -0.2) is 4.98 Å². The molecule has 144 valence electrons. The number of nitrogens with one attached hydrogen (secondary N) is 1. The molecule has 0 fully saturated rings. The third kappa shape index (κ3) is 4.57. The van der Waals surface area contributed by atoms with E-state index in [1.165, 1.54) is 18.0 Å². The molecule has 0 radical (unpaired) electrons. The van der Waals surface area contributed by atoms with Crippen LogP contribution in [0.4, 0.5) is 11.5 Å². The van der Waals surface area contributed by atoms with E-state index in [0.29, 0.717) is 22.1 Å². The normalized spacial score (nSPS) is 10.2. The van der Waals surface area contributed by atoms with Crippen LogP contribution < -0.4 is 11.1 Å². The highest BCUT2D eigenvalue weighted by molar-refractivity contribution is 7.99. The number of nitriles is 2. The van der Waals surface area contributed by atoms with E-state index in [9.17, 15) is 15.3 Å². The Morgan fingerprint density at radius 2 is 1.93 bits per heavy atom. The largest absolute Gasteiger partial charge is 0.464 e. The summed E-state index contributed by atoms with van der Waals surface area (Å²) in [6.07, 6.45) is 1.68. The maximum atomic E-state index is 12.2. The standard InChI is InChI=1S/C21H17N5O2S/c1-13-4-6-14(7-5-13)25-18(27)8-10-29-21-16(12-23)19(17-3-2-9-28-17)15(11-22)20(24)26-21/h2-7,9H,8,10H2,1H3,(H2,24,26)(H,25,27). The second kappa shape index (κ2) is 8.96. The fraction of sp³-hybridized carbons (Fsp3) is 0.143. The quantitative estimate of drug-likeness (QED) is 0.593. The lowest BCUT2D eigenvalue weighted by Crippen LogP contribution is -2.12. The van der Waals surface area contributed by atoms with Crippen LogP contribution in [0.3, 0.4) is 0 Å². The van der Waals surface area contributed by atoms with Gasteiger partial charge in [0.05, 0.1) is 17.4 Å². The SMILES string of the molecule is Cc1ccc(NC(=O)CCSc2nc(N)c(C#N)c(-c3ccco3)c2C#N)cc1. The number of hydrogen-bond acceptors (Lipinski definition) is 7. The highest BCUT2D eigenvalue weighted by Gasteiger charge is 2.22. The Kier molecular flexibility index (Phi) is 6.18. The van der Waals surface area contributed by atoms with Gasteiger partial charge in [0.15, 0.2) is 0 Å². The van der Waals surface area contributed by atoms with Crippen LogP contribution in [0.1, 0.15) is 23.1 Å². The molecule has 0 aliphatic carbocycles. The number of nitrogen functional groups attached to an aromatic ring is 1. The minimum atomic E-state index is -0.146. The number of nitrogens with two attached hydrogens (primary N) is 1. The van der Waals surface area contributed by atoms with Crippen LogP contribution >= 0.6 is 11.8 Å². The molecule has 0 unspecified atom stereocenters. The number of pyridine rings is 1. The zero-order valence-electron chi connectivity index (χ0n) is 15.6. The van der Waals surface area contributed by atoms with Crippen molar-refractivity contribution in [2.24, 2.45) is 0 Å². The van der Waals surface area contributed by atoms with Gasteiger partial charge in [-0.2, -0.15) is 10.5 Å². The Bertz CT molecular complexity index is 1110. The first-order valence-corrected chi connectivity index (χ1v) is 9.69. The monoisotopic (exact) mass is 403 g/mol. The summed E-state index contributed by atoms with van der Waals surface area (Å²) in [5.41, 5.74) is 8.38. The highest BCUT2D eigenvalue weighted by Crippen LogP contribution is 2.35. The van der Waals surface area contributed by atoms with E-state index in [0.717, 1.165) is 11.3 Å². The van der Waals surface area contributed by atoms with Gasteiger partial charge in [-0.3, -0.25) is 4.79 Å². The van der Waals surface area contributed by atoms with Gasteiger partial charge in [0, 0.05) is 17.9 Å².